The first-order chi connectivity index (χ1) is 11.1. The predicted octanol–water partition coefficient (Wildman–Crippen LogP) is -0.332. The zero-order valence-electron chi connectivity index (χ0n) is 14.2. The van der Waals surface area contributed by atoms with Gasteiger partial charge in [0.15, 0.2) is 0 Å². The third-order valence-electron chi connectivity index (χ3n) is 4.64. The molecule has 0 aromatic rings. The summed E-state index contributed by atoms with van der Waals surface area (Å²) in [5.41, 5.74) is 0. The molecule has 0 radical (unpaired) electrons. The monoisotopic (exact) mass is 324 g/mol. The minimum absolute atomic E-state index is 0.0199. The van der Waals surface area contributed by atoms with Crippen LogP contribution in [-0.2, 0) is 14.4 Å². The van der Waals surface area contributed by atoms with Crippen LogP contribution in [0, 0.1) is 0 Å². The molecule has 0 unspecified atom stereocenters. The Balaban J connectivity index is 1.97. The first-order valence-corrected chi connectivity index (χ1v) is 8.66. The third kappa shape index (κ3) is 4.22. The van der Waals surface area contributed by atoms with Gasteiger partial charge in [0.05, 0.1) is 0 Å². The molecule has 0 spiro atoms. The van der Waals surface area contributed by atoms with Gasteiger partial charge in [0.1, 0.15) is 6.54 Å². The second kappa shape index (κ2) is 8.29. The van der Waals surface area contributed by atoms with Crippen molar-refractivity contribution in [1.29, 1.82) is 0 Å². The number of rotatable bonds is 6. The zero-order chi connectivity index (χ0) is 16.8. The highest BCUT2D eigenvalue weighted by Crippen LogP contribution is 2.14. The fraction of sp³-hybridized carbons (Fsp3) is 0.812. The second-order valence-electron chi connectivity index (χ2n) is 6.18. The van der Waals surface area contributed by atoms with Crippen LogP contribution in [0.5, 0.6) is 0 Å². The van der Waals surface area contributed by atoms with Gasteiger partial charge in [-0.1, -0.05) is 6.92 Å². The van der Waals surface area contributed by atoms with Gasteiger partial charge in [0.2, 0.25) is 5.91 Å². The molecule has 23 heavy (non-hydrogen) atoms. The van der Waals surface area contributed by atoms with Gasteiger partial charge in [-0.05, 0) is 39.3 Å². The number of amides is 3. The van der Waals surface area contributed by atoms with E-state index in [1.54, 1.807) is 0 Å². The molecule has 3 amide bonds. The maximum Gasteiger partial charge on any atom is 0.312 e. The number of piperazine rings is 1. The molecule has 1 N–H and O–H groups in total. The van der Waals surface area contributed by atoms with Crippen LogP contribution in [0.25, 0.3) is 0 Å². The number of hydrogen-bond donors (Lipinski definition) is 1. The molecule has 0 aromatic heterocycles. The SMILES string of the molecule is CCCN(C(=O)CN1CCN(CC)C(=O)C1=O)C1CCNCC1. The Labute approximate surface area is 138 Å². The average Bonchev–Trinajstić information content (AvgIpc) is 2.57. The molecule has 0 aromatic carbocycles. The number of hydrogen-bond acceptors (Lipinski definition) is 4. The Morgan fingerprint density at radius 1 is 1.13 bits per heavy atom. The Hall–Kier alpha value is -1.63. The van der Waals surface area contributed by atoms with Gasteiger partial charge in [-0.3, -0.25) is 14.4 Å². The van der Waals surface area contributed by atoms with Crippen LogP contribution in [0.1, 0.15) is 33.1 Å². The zero-order valence-corrected chi connectivity index (χ0v) is 14.2. The number of nitrogens with zero attached hydrogens (tertiary/aromatic N) is 3. The van der Waals surface area contributed by atoms with Crippen LogP contribution in [0.4, 0.5) is 0 Å². The molecule has 2 fully saturated rings. The Bertz CT molecular complexity index is 449. The highest BCUT2D eigenvalue weighted by molar-refractivity contribution is 6.35. The fourth-order valence-electron chi connectivity index (χ4n) is 3.29. The van der Waals surface area contributed by atoms with E-state index in [-0.39, 0.29) is 18.5 Å². The molecule has 0 atom stereocenters. The highest BCUT2D eigenvalue weighted by atomic mass is 16.2. The molecule has 0 aliphatic carbocycles. The van der Waals surface area contributed by atoms with Crippen molar-refractivity contribution in [3.8, 4) is 0 Å². The van der Waals surface area contributed by atoms with Crippen LogP contribution in [0.2, 0.25) is 0 Å². The maximum absolute atomic E-state index is 12.7. The lowest BCUT2D eigenvalue weighted by Gasteiger charge is -2.37. The number of likely N-dealkylation sites (N-methyl/N-ethyl adjacent to an activating group) is 1. The van der Waals surface area contributed by atoms with Crippen molar-refractivity contribution < 1.29 is 14.4 Å². The lowest BCUT2D eigenvalue weighted by atomic mass is 10.0. The first-order valence-electron chi connectivity index (χ1n) is 8.66. The van der Waals surface area contributed by atoms with Gasteiger partial charge < -0.3 is 20.0 Å². The van der Waals surface area contributed by atoms with E-state index in [1.807, 2.05) is 11.8 Å². The summed E-state index contributed by atoms with van der Waals surface area (Å²) in [4.78, 5) is 41.6. The molecule has 7 nitrogen and oxygen atoms in total. The molecular weight excluding hydrogens is 296 g/mol. The summed E-state index contributed by atoms with van der Waals surface area (Å²) in [5, 5.41) is 3.30. The Morgan fingerprint density at radius 2 is 1.74 bits per heavy atom. The van der Waals surface area contributed by atoms with Crippen LogP contribution >= 0.6 is 0 Å². The van der Waals surface area contributed by atoms with Crippen LogP contribution in [0.3, 0.4) is 0 Å². The van der Waals surface area contributed by atoms with Gasteiger partial charge in [-0.15, -0.1) is 0 Å². The van der Waals surface area contributed by atoms with Crippen molar-refractivity contribution in [2.75, 3.05) is 45.8 Å². The molecule has 2 heterocycles. The standard InChI is InChI=1S/C16H28N4O3/c1-3-9-20(13-5-7-17-8-6-13)14(21)12-19-11-10-18(4-2)15(22)16(19)23/h13,17H,3-12H2,1-2H3. The predicted molar refractivity (Wildman–Crippen MR) is 86.7 cm³/mol. The number of piperidine rings is 1. The quantitative estimate of drug-likeness (QED) is 0.679. The van der Waals surface area contributed by atoms with E-state index < -0.39 is 11.8 Å². The van der Waals surface area contributed by atoms with Crippen molar-refractivity contribution in [2.45, 2.75) is 39.2 Å². The molecule has 0 saturated carbocycles. The van der Waals surface area contributed by atoms with Crippen LogP contribution < -0.4 is 5.32 Å². The maximum atomic E-state index is 12.7. The van der Waals surface area contributed by atoms with E-state index in [1.165, 1.54) is 9.80 Å². The third-order valence-corrected chi connectivity index (χ3v) is 4.64. The molecule has 2 aliphatic heterocycles. The van der Waals surface area contributed by atoms with Gasteiger partial charge in [0, 0.05) is 32.2 Å². The minimum Gasteiger partial charge on any atom is -0.338 e. The lowest BCUT2D eigenvalue weighted by molar-refractivity contribution is -0.157. The average molecular weight is 324 g/mol. The van der Waals surface area contributed by atoms with Gasteiger partial charge in [0.25, 0.3) is 0 Å². The summed E-state index contributed by atoms with van der Waals surface area (Å²) >= 11 is 0. The van der Waals surface area contributed by atoms with E-state index in [4.69, 9.17) is 0 Å². The fourth-order valence-corrected chi connectivity index (χ4v) is 3.29. The van der Waals surface area contributed by atoms with Gasteiger partial charge >= 0.3 is 11.8 Å². The van der Waals surface area contributed by atoms with Crippen molar-refractivity contribution in [3.05, 3.63) is 0 Å². The van der Waals surface area contributed by atoms with Crippen molar-refractivity contribution >= 4 is 17.7 Å². The Morgan fingerprint density at radius 3 is 2.35 bits per heavy atom. The molecule has 2 rings (SSSR count). The molecule has 0 bridgehead atoms. The number of carbonyl (C=O) groups is 3. The summed E-state index contributed by atoms with van der Waals surface area (Å²) < 4.78 is 0. The minimum atomic E-state index is -0.548. The van der Waals surface area contributed by atoms with E-state index in [0.717, 1.165) is 32.4 Å². The topological polar surface area (TPSA) is 73.0 Å². The largest absolute Gasteiger partial charge is 0.338 e. The summed E-state index contributed by atoms with van der Waals surface area (Å²) in [5.74, 6) is -1.08. The smallest absolute Gasteiger partial charge is 0.312 e. The summed E-state index contributed by atoms with van der Waals surface area (Å²) in [7, 11) is 0. The molecule has 2 saturated heterocycles. The second-order valence-corrected chi connectivity index (χ2v) is 6.18. The molecule has 7 heteroatoms. The van der Waals surface area contributed by atoms with Gasteiger partial charge in [-0.25, -0.2) is 0 Å². The van der Waals surface area contributed by atoms with E-state index in [0.29, 0.717) is 26.2 Å². The lowest BCUT2D eigenvalue weighted by Crippen LogP contribution is -2.57. The molecule has 2 aliphatic rings. The number of carbonyl (C=O) groups excluding carboxylic acids is 3. The van der Waals surface area contributed by atoms with Crippen LogP contribution in [-0.4, -0.2) is 84.3 Å². The number of nitrogens with one attached hydrogen (secondary N) is 1. The van der Waals surface area contributed by atoms with E-state index in [9.17, 15) is 14.4 Å². The van der Waals surface area contributed by atoms with Crippen molar-refractivity contribution in [3.63, 3.8) is 0 Å². The highest BCUT2D eigenvalue weighted by Gasteiger charge is 2.34. The summed E-state index contributed by atoms with van der Waals surface area (Å²) in [6.07, 6.45) is 2.79. The molecule has 130 valence electrons. The van der Waals surface area contributed by atoms with Crippen molar-refractivity contribution in [1.82, 2.24) is 20.0 Å². The van der Waals surface area contributed by atoms with Crippen molar-refractivity contribution in [2.24, 2.45) is 0 Å². The van der Waals surface area contributed by atoms with E-state index >= 15 is 0 Å². The first kappa shape index (κ1) is 17.7. The molecular formula is C16H28N4O3. The van der Waals surface area contributed by atoms with Gasteiger partial charge in [-0.2, -0.15) is 0 Å². The Kier molecular flexibility index (Phi) is 6.38. The summed E-state index contributed by atoms with van der Waals surface area (Å²) in [6.45, 7) is 7.96. The van der Waals surface area contributed by atoms with E-state index in [2.05, 4.69) is 12.2 Å². The normalized spacial score (nSPS) is 20.1. The van der Waals surface area contributed by atoms with Crippen LogP contribution in [0.15, 0.2) is 0 Å². The summed E-state index contributed by atoms with van der Waals surface area (Å²) in [6, 6.07) is 0.242.